The normalized spacial score (nSPS) is 16.7. The molecule has 2 aromatic rings. The number of imide groups is 1. The van der Waals surface area contributed by atoms with E-state index in [0.29, 0.717) is 11.5 Å². The second-order valence-electron chi connectivity index (χ2n) is 8.33. The number of hydrogen-bond donors (Lipinski definition) is 1. The molecule has 1 N–H and O–H groups in total. The molecule has 1 aliphatic carbocycles. The van der Waals surface area contributed by atoms with Crippen LogP contribution in [0.4, 0.5) is 4.79 Å². The molecule has 0 saturated carbocycles. The van der Waals surface area contributed by atoms with Gasteiger partial charge in [0.2, 0.25) is 0 Å². The summed E-state index contributed by atoms with van der Waals surface area (Å²) in [6.45, 7) is 3.73. The van der Waals surface area contributed by atoms with Crippen LogP contribution in [-0.2, 0) is 24.0 Å². The molecule has 4 rings (SSSR count). The number of amides is 3. The second-order valence-corrected chi connectivity index (χ2v) is 8.33. The van der Waals surface area contributed by atoms with Crippen molar-refractivity contribution >= 4 is 23.9 Å². The van der Waals surface area contributed by atoms with E-state index in [1.54, 1.807) is 6.92 Å². The number of benzene rings is 2. The van der Waals surface area contributed by atoms with E-state index in [1.165, 1.54) is 0 Å². The lowest BCUT2D eigenvalue weighted by molar-refractivity contribution is -0.199. The standard InChI is InChI=1S/C25H26N2O6/c1-3-15(2)23(24(30)33-27-21(28)12-13-22(27)29)26-25(31)32-14-20-18-10-6-4-8-16(18)17-9-5-7-11-19(17)20/h4-11,15,20,23H,3,12-14H2,1-2H3,(H,26,31). The summed E-state index contributed by atoms with van der Waals surface area (Å²) in [6, 6.07) is 14.9. The Labute approximate surface area is 191 Å². The average Bonchev–Trinajstić information content (AvgIpc) is 3.32. The van der Waals surface area contributed by atoms with Gasteiger partial charge in [-0.15, -0.1) is 5.06 Å². The average molecular weight is 450 g/mol. The van der Waals surface area contributed by atoms with Gasteiger partial charge < -0.3 is 14.9 Å². The Hall–Kier alpha value is -3.68. The van der Waals surface area contributed by atoms with Gasteiger partial charge in [-0.25, -0.2) is 9.59 Å². The van der Waals surface area contributed by atoms with Gasteiger partial charge in [-0.05, 0) is 28.2 Å². The molecule has 0 radical (unpaired) electrons. The summed E-state index contributed by atoms with van der Waals surface area (Å²) in [4.78, 5) is 53.9. The zero-order valence-corrected chi connectivity index (χ0v) is 18.6. The van der Waals surface area contributed by atoms with Gasteiger partial charge in [0.1, 0.15) is 12.6 Å². The van der Waals surface area contributed by atoms with E-state index in [4.69, 9.17) is 9.57 Å². The molecule has 0 spiro atoms. The highest BCUT2D eigenvalue weighted by atomic mass is 16.7. The molecule has 8 heteroatoms. The van der Waals surface area contributed by atoms with Crippen molar-refractivity contribution in [2.75, 3.05) is 6.61 Å². The monoisotopic (exact) mass is 450 g/mol. The molecule has 1 aliphatic heterocycles. The van der Waals surface area contributed by atoms with Crippen LogP contribution in [0.1, 0.15) is 50.2 Å². The summed E-state index contributed by atoms with van der Waals surface area (Å²) in [5.74, 6) is -2.43. The number of carbonyl (C=O) groups excluding carboxylic acids is 4. The SMILES string of the molecule is CCC(C)C(NC(=O)OCC1c2ccccc2-c2ccccc21)C(=O)ON1C(=O)CCC1=O. The Morgan fingerprint density at radius 2 is 1.55 bits per heavy atom. The van der Waals surface area contributed by atoms with Gasteiger partial charge in [-0.2, -0.15) is 0 Å². The van der Waals surface area contributed by atoms with Crippen LogP contribution < -0.4 is 5.32 Å². The number of rotatable bonds is 7. The van der Waals surface area contributed by atoms with Crippen molar-refractivity contribution in [1.82, 2.24) is 10.4 Å². The molecule has 0 aromatic heterocycles. The molecule has 8 nitrogen and oxygen atoms in total. The lowest BCUT2D eigenvalue weighted by atomic mass is 9.98. The molecule has 2 atom stereocenters. The maximum Gasteiger partial charge on any atom is 0.407 e. The first-order valence-corrected chi connectivity index (χ1v) is 11.1. The van der Waals surface area contributed by atoms with Gasteiger partial charge in [-0.3, -0.25) is 9.59 Å². The first-order chi connectivity index (χ1) is 15.9. The van der Waals surface area contributed by atoms with E-state index < -0.39 is 29.9 Å². The lowest BCUT2D eigenvalue weighted by Crippen LogP contribution is -2.48. The third kappa shape index (κ3) is 4.46. The molecular formula is C25H26N2O6. The van der Waals surface area contributed by atoms with Crippen LogP contribution in [0, 0.1) is 5.92 Å². The Kier molecular flexibility index (Phi) is 6.44. The zero-order valence-electron chi connectivity index (χ0n) is 18.6. The molecule has 1 heterocycles. The van der Waals surface area contributed by atoms with Gasteiger partial charge in [0.25, 0.3) is 11.8 Å². The number of carbonyl (C=O) groups is 4. The van der Waals surface area contributed by atoms with Crippen molar-refractivity contribution in [2.45, 2.75) is 45.1 Å². The summed E-state index contributed by atoms with van der Waals surface area (Å²) >= 11 is 0. The van der Waals surface area contributed by atoms with Crippen molar-refractivity contribution in [3.8, 4) is 11.1 Å². The topological polar surface area (TPSA) is 102 Å². The van der Waals surface area contributed by atoms with Crippen LogP contribution in [0.25, 0.3) is 11.1 Å². The highest BCUT2D eigenvalue weighted by molar-refractivity contribution is 6.01. The minimum absolute atomic E-state index is 0.0000810. The number of nitrogens with zero attached hydrogens (tertiary/aromatic N) is 1. The van der Waals surface area contributed by atoms with E-state index in [9.17, 15) is 19.2 Å². The lowest BCUT2D eigenvalue weighted by Gasteiger charge is -2.24. The van der Waals surface area contributed by atoms with E-state index in [2.05, 4.69) is 5.32 Å². The van der Waals surface area contributed by atoms with Crippen LogP contribution in [0.15, 0.2) is 48.5 Å². The Balaban J connectivity index is 1.43. The van der Waals surface area contributed by atoms with Crippen molar-refractivity contribution in [1.29, 1.82) is 0 Å². The van der Waals surface area contributed by atoms with Crippen LogP contribution in [-0.4, -0.2) is 41.6 Å². The maximum absolute atomic E-state index is 12.7. The highest BCUT2D eigenvalue weighted by Gasteiger charge is 2.37. The van der Waals surface area contributed by atoms with Crippen LogP contribution >= 0.6 is 0 Å². The largest absolute Gasteiger partial charge is 0.449 e. The fraction of sp³-hybridized carbons (Fsp3) is 0.360. The van der Waals surface area contributed by atoms with Gasteiger partial charge in [-0.1, -0.05) is 68.8 Å². The Morgan fingerprint density at radius 1 is 1.00 bits per heavy atom. The van der Waals surface area contributed by atoms with Gasteiger partial charge in [0.05, 0.1) is 0 Å². The second kappa shape index (κ2) is 9.44. The minimum Gasteiger partial charge on any atom is -0.449 e. The summed E-state index contributed by atoms with van der Waals surface area (Å²) in [6.07, 6.45) is -0.205. The summed E-state index contributed by atoms with van der Waals surface area (Å²) < 4.78 is 5.52. The van der Waals surface area contributed by atoms with Gasteiger partial charge in [0, 0.05) is 18.8 Å². The van der Waals surface area contributed by atoms with Crippen molar-refractivity contribution < 1.29 is 28.8 Å². The third-order valence-corrected chi connectivity index (χ3v) is 6.27. The first-order valence-electron chi connectivity index (χ1n) is 11.1. The Morgan fingerprint density at radius 3 is 2.09 bits per heavy atom. The summed E-state index contributed by atoms with van der Waals surface area (Å²) in [5.41, 5.74) is 4.39. The fourth-order valence-electron chi connectivity index (χ4n) is 4.24. The van der Waals surface area contributed by atoms with Gasteiger partial charge in [0.15, 0.2) is 0 Å². The molecule has 2 unspecified atom stereocenters. The predicted octanol–water partition coefficient (Wildman–Crippen LogP) is 3.55. The van der Waals surface area contributed by atoms with Crippen molar-refractivity contribution in [3.05, 3.63) is 59.7 Å². The van der Waals surface area contributed by atoms with E-state index in [1.807, 2.05) is 55.5 Å². The van der Waals surface area contributed by atoms with E-state index in [0.717, 1.165) is 22.3 Å². The molecule has 3 amide bonds. The minimum atomic E-state index is -1.06. The predicted molar refractivity (Wildman–Crippen MR) is 119 cm³/mol. The van der Waals surface area contributed by atoms with Gasteiger partial charge >= 0.3 is 12.1 Å². The van der Waals surface area contributed by atoms with E-state index in [-0.39, 0.29) is 31.3 Å². The number of fused-ring (bicyclic) bond motifs is 3. The number of hydrogen-bond acceptors (Lipinski definition) is 6. The smallest absolute Gasteiger partial charge is 0.407 e. The van der Waals surface area contributed by atoms with Crippen LogP contribution in [0.3, 0.4) is 0 Å². The maximum atomic E-state index is 12.7. The van der Waals surface area contributed by atoms with Crippen molar-refractivity contribution in [3.63, 3.8) is 0 Å². The molecule has 1 saturated heterocycles. The number of ether oxygens (including phenoxy) is 1. The quantitative estimate of drug-likeness (QED) is 0.648. The molecule has 1 fully saturated rings. The molecule has 33 heavy (non-hydrogen) atoms. The molecule has 172 valence electrons. The molecule has 0 bridgehead atoms. The van der Waals surface area contributed by atoms with E-state index >= 15 is 0 Å². The molecule has 2 aliphatic rings. The van der Waals surface area contributed by atoms with Crippen LogP contribution in [0.5, 0.6) is 0 Å². The number of hydroxylamine groups is 2. The highest BCUT2D eigenvalue weighted by Crippen LogP contribution is 2.44. The molecular weight excluding hydrogens is 424 g/mol. The number of alkyl carbamates (subject to hydrolysis) is 1. The summed E-state index contributed by atoms with van der Waals surface area (Å²) in [5, 5.41) is 3.04. The molecule has 2 aromatic carbocycles. The van der Waals surface area contributed by atoms with Crippen molar-refractivity contribution in [2.24, 2.45) is 5.92 Å². The summed E-state index contributed by atoms with van der Waals surface area (Å²) in [7, 11) is 0. The van der Waals surface area contributed by atoms with Crippen LogP contribution in [0.2, 0.25) is 0 Å². The first kappa shape index (κ1) is 22.5. The third-order valence-electron chi connectivity index (χ3n) is 6.27. The fourth-order valence-corrected chi connectivity index (χ4v) is 4.24. The number of nitrogens with one attached hydrogen (secondary N) is 1. The Bertz CT molecular complexity index is 1040. The zero-order chi connectivity index (χ0) is 23.5.